The molecule has 5 heteroatoms. The third-order valence-electron chi connectivity index (χ3n) is 6.93. The second-order valence-corrected chi connectivity index (χ2v) is 8.66. The number of benzene rings is 2. The van der Waals surface area contributed by atoms with E-state index >= 15 is 0 Å². The number of para-hydroxylation sites is 2. The number of likely N-dealkylation sites (tertiary alicyclic amines) is 1. The number of hydrogen-bond acceptors (Lipinski definition) is 4. The van der Waals surface area contributed by atoms with Crippen LogP contribution in [0, 0.1) is 5.92 Å². The molecule has 0 aromatic heterocycles. The largest absolute Gasteiger partial charge is 0.506 e. The number of carbonyl (C=O) groups excluding carboxylic acids is 1. The molecule has 2 N–H and O–H groups in total. The van der Waals surface area contributed by atoms with Gasteiger partial charge in [-0.1, -0.05) is 30.3 Å². The first-order valence-corrected chi connectivity index (χ1v) is 10.2. The van der Waals surface area contributed by atoms with Crippen LogP contribution in [-0.2, 0) is 16.6 Å². The zero-order chi connectivity index (χ0) is 19.3. The van der Waals surface area contributed by atoms with Crippen LogP contribution >= 0.6 is 0 Å². The number of likely N-dealkylation sites (N-methyl/N-ethyl adjacent to an activating group) is 1. The highest BCUT2D eigenvalue weighted by Gasteiger charge is 2.43. The Kier molecular flexibility index (Phi) is 4.09. The summed E-state index contributed by atoms with van der Waals surface area (Å²) in [7, 11) is 2.19. The number of nitrogens with one attached hydrogen (secondary N) is 1. The summed E-state index contributed by atoms with van der Waals surface area (Å²) in [6.45, 7) is 3.93. The Morgan fingerprint density at radius 3 is 2.75 bits per heavy atom. The minimum atomic E-state index is -0.0538. The van der Waals surface area contributed by atoms with E-state index in [4.69, 9.17) is 0 Å². The molecule has 1 amide bonds. The Bertz CT molecular complexity index is 918. The van der Waals surface area contributed by atoms with E-state index in [-0.39, 0.29) is 23.0 Å². The summed E-state index contributed by atoms with van der Waals surface area (Å²) in [6, 6.07) is 14.3. The van der Waals surface area contributed by atoms with Crippen LogP contribution < -0.4 is 10.2 Å². The van der Waals surface area contributed by atoms with Gasteiger partial charge in [0.2, 0.25) is 5.91 Å². The zero-order valence-corrected chi connectivity index (χ0v) is 16.3. The molecule has 0 aliphatic carbocycles. The third-order valence-corrected chi connectivity index (χ3v) is 6.93. The minimum absolute atomic E-state index is 0.0280. The van der Waals surface area contributed by atoms with Gasteiger partial charge >= 0.3 is 0 Å². The second-order valence-electron chi connectivity index (χ2n) is 8.66. The lowest BCUT2D eigenvalue weighted by Gasteiger charge is -2.41. The fraction of sp³-hybridized carbons (Fsp3) is 0.435. The fourth-order valence-corrected chi connectivity index (χ4v) is 5.41. The van der Waals surface area contributed by atoms with Crippen molar-refractivity contribution in [2.75, 3.05) is 43.4 Å². The molecule has 0 saturated carbocycles. The number of fused-ring (bicyclic) bond motifs is 3. The first kappa shape index (κ1) is 17.6. The number of nitrogens with zero attached hydrogens (tertiary/aromatic N) is 2. The van der Waals surface area contributed by atoms with Crippen LogP contribution in [0.15, 0.2) is 42.5 Å². The lowest BCUT2D eigenvalue weighted by atomic mass is 9.74. The van der Waals surface area contributed by atoms with Crippen molar-refractivity contribution in [1.29, 1.82) is 0 Å². The maximum absolute atomic E-state index is 12.6. The first-order valence-electron chi connectivity index (χ1n) is 10.2. The number of amides is 1. The first-order chi connectivity index (χ1) is 13.6. The Balaban J connectivity index is 1.27. The maximum atomic E-state index is 12.6. The number of phenols is 1. The molecule has 5 nitrogen and oxygen atoms in total. The predicted octanol–water partition coefficient (Wildman–Crippen LogP) is 2.99. The normalized spacial score (nSPS) is 23.4. The van der Waals surface area contributed by atoms with E-state index in [1.165, 1.54) is 11.3 Å². The van der Waals surface area contributed by atoms with E-state index in [9.17, 15) is 9.90 Å². The summed E-state index contributed by atoms with van der Waals surface area (Å²) in [5.74, 6) is 0.135. The molecule has 5 rings (SSSR count). The van der Waals surface area contributed by atoms with Crippen molar-refractivity contribution < 1.29 is 9.90 Å². The molecule has 1 atom stereocenters. The highest BCUT2D eigenvalue weighted by atomic mass is 16.3. The van der Waals surface area contributed by atoms with Gasteiger partial charge in [-0.2, -0.15) is 0 Å². The van der Waals surface area contributed by atoms with Crippen molar-refractivity contribution in [3.63, 3.8) is 0 Å². The van der Waals surface area contributed by atoms with Gasteiger partial charge in [0.05, 0.1) is 11.6 Å². The van der Waals surface area contributed by atoms with Crippen molar-refractivity contribution in [1.82, 2.24) is 4.90 Å². The van der Waals surface area contributed by atoms with Crippen LogP contribution in [0.1, 0.15) is 24.0 Å². The molecule has 0 radical (unpaired) electrons. The third kappa shape index (κ3) is 2.76. The molecule has 146 valence electrons. The number of aromatic hydroxyl groups is 1. The van der Waals surface area contributed by atoms with Gasteiger partial charge in [0, 0.05) is 31.2 Å². The van der Waals surface area contributed by atoms with Crippen LogP contribution in [0.5, 0.6) is 5.75 Å². The van der Waals surface area contributed by atoms with Gasteiger partial charge in [-0.15, -0.1) is 0 Å². The molecule has 3 aliphatic rings. The van der Waals surface area contributed by atoms with E-state index < -0.39 is 0 Å². The van der Waals surface area contributed by atoms with Crippen LogP contribution in [0.2, 0.25) is 0 Å². The summed E-state index contributed by atoms with van der Waals surface area (Å²) in [4.78, 5) is 17.4. The second kappa shape index (κ2) is 6.52. The number of anilines is 2. The average Bonchev–Trinajstić information content (AvgIpc) is 2.97. The van der Waals surface area contributed by atoms with E-state index in [0.717, 1.165) is 44.6 Å². The average molecular weight is 377 g/mol. The number of carbonyl (C=O) groups is 1. The Labute approximate surface area is 166 Å². The van der Waals surface area contributed by atoms with Crippen LogP contribution in [0.25, 0.3) is 0 Å². The van der Waals surface area contributed by atoms with Gasteiger partial charge in [-0.05, 0) is 55.6 Å². The monoisotopic (exact) mass is 377 g/mol. The van der Waals surface area contributed by atoms with Gasteiger partial charge in [0.1, 0.15) is 5.75 Å². The zero-order valence-electron chi connectivity index (χ0n) is 16.3. The summed E-state index contributed by atoms with van der Waals surface area (Å²) < 4.78 is 0. The molecular weight excluding hydrogens is 350 g/mol. The molecule has 2 aromatic rings. The molecule has 28 heavy (non-hydrogen) atoms. The summed E-state index contributed by atoms with van der Waals surface area (Å²) in [6.07, 6.45) is 2.98. The molecule has 3 heterocycles. The van der Waals surface area contributed by atoms with E-state index in [0.29, 0.717) is 12.1 Å². The SMILES string of the molecule is CN1CC2(CCN(CC3Cc4cccc(O)c4NC3=O)CC2)c2ccccc21. The summed E-state index contributed by atoms with van der Waals surface area (Å²) in [5.41, 5.74) is 4.75. The molecule has 2 aromatic carbocycles. The number of phenolic OH excluding ortho intramolecular Hbond substituents is 1. The summed E-state index contributed by atoms with van der Waals surface area (Å²) >= 11 is 0. The van der Waals surface area contributed by atoms with Gasteiger partial charge in [-0.25, -0.2) is 0 Å². The maximum Gasteiger partial charge on any atom is 0.229 e. The van der Waals surface area contributed by atoms with E-state index in [2.05, 4.69) is 46.4 Å². The Morgan fingerprint density at radius 2 is 1.93 bits per heavy atom. The number of hydrogen-bond donors (Lipinski definition) is 2. The standard InChI is InChI=1S/C23H27N3O2/c1-25-15-23(18-6-2-3-7-19(18)25)9-11-26(12-10-23)14-17-13-16-5-4-8-20(27)21(16)24-22(17)28/h2-8,17,27H,9-15H2,1H3,(H,24,28). The van der Waals surface area contributed by atoms with Crippen molar-refractivity contribution in [2.24, 2.45) is 5.92 Å². The highest BCUT2D eigenvalue weighted by Crippen LogP contribution is 2.46. The lowest BCUT2D eigenvalue weighted by molar-refractivity contribution is -0.121. The molecule has 1 fully saturated rings. The van der Waals surface area contributed by atoms with Gasteiger partial charge in [0.15, 0.2) is 0 Å². The Hall–Kier alpha value is -2.53. The van der Waals surface area contributed by atoms with Crippen molar-refractivity contribution >= 4 is 17.3 Å². The highest BCUT2D eigenvalue weighted by molar-refractivity contribution is 5.97. The molecule has 3 aliphatic heterocycles. The van der Waals surface area contributed by atoms with Gasteiger partial charge in [0.25, 0.3) is 0 Å². The van der Waals surface area contributed by atoms with Crippen LogP contribution in [0.3, 0.4) is 0 Å². The lowest BCUT2D eigenvalue weighted by Crippen LogP contribution is -2.48. The number of piperidine rings is 1. The van der Waals surface area contributed by atoms with Crippen molar-refractivity contribution in [2.45, 2.75) is 24.7 Å². The van der Waals surface area contributed by atoms with Crippen LogP contribution in [-0.4, -0.2) is 49.1 Å². The van der Waals surface area contributed by atoms with E-state index in [1.54, 1.807) is 6.07 Å². The van der Waals surface area contributed by atoms with Gasteiger partial charge < -0.3 is 20.2 Å². The van der Waals surface area contributed by atoms with Gasteiger partial charge in [-0.3, -0.25) is 4.79 Å². The predicted molar refractivity (Wildman–Crippen MR) is 111 cm³/mol. The molecule has 0 bridgehead atoms. The molecule has 1 unspecified atom stereocenters. The molecular formula is C23H27N3O2. The van der Waals surface area contributed by atoms with Crippen LogP contribution in [0.4, 0.5) is 11.4 Å². The topological polar surface area (TPSA) is 55.8 Å². The van der Waals surface area contributed by atoms with Crippen molar-refractivity contribution in [3.05, 3.63) is 53.6 Å². The molecule has 1 saturated heterocycles. The quantitative estimate of drug-likeness (QED) is 0.790. The fourth-order valence-electron chi connectivity index (χ4n) is 5.41. The number of rotatable bonds is 2. The van der Waals surface area contributed by atoms with Crippen molar-refractivity contribution in [3.8, 4) is 5.75 Å². The smallest absolute Gasteiger partial charge is 0.229 e. The summed E-state index contributed by atoms with van der Waals surface area (Å²) in [5, 5.41) is 12.9. The van der Waals surface area contributed by atoms with E-state index in [1.807, 2.05) is 12.1 Å². The Morgan fingerprint density at radius 1 is 1.14 bits per heavy atom. The minimum Gasteiger partial charge on any atom is -0.506 e. The molecule has 1 spiro atoms.